The number of hydrogen-bond donors (Lipinski definition) is 1. The summed E-state index contributed by atoms with van der Waals surface area (Å²) in [6.45, 7) is 2.89. The first-order chi connectivity index (χ1) is 12.5. The highest BCUT2D eigenvalue weighted by atomic mass is 19.1. The van der Waals surface area contributed by atoms with E-state index in [-0.39, 0.29) is 5.82 Å². The third kappa shape index (κ3) is 4.58. The van der Waals surface area contributed by atoms with Gasteiger partial charge in [-0.25, -0.2) is 9.37 Å². The number of benzene rings is 1. The summed E-state index contributed by atoms with van der Waals surface area (Å²) in [6.07, 6.45) is 4.84. The normalized spacial score (nSPS) is 17.4. The van der Waals surface area contributed by atoms with E-state index in [9.17, 15) is 9.18 Å². The van der Waals surface area contributed by atoms with Crippen LogP contribution in [-0.4, -0.2) is 48.5 Å². The number of nitrogens with two attached hydrogens (primary N) is 1. The summed E-state index contributed by atoms with van der Waals surface area (Å²) in [4.78, 5) is 20.0. The van der Waals surface area contributed by atoms with Gasteiger partial charge in [0, 0.05) is 32.4 Å². The highest BCUT2D eigenvalue weighted by molar-refractivity contribution is 5.92. The molecule has 3 rings (SSSR count). The summed E-state index contributed by atoms with van der Waals surface area (Å²) >= 11 is 0. The van der Waals surface area contributed by atoms with E-state index >= 15 is 0 Å². The summed E-state index contributed by atoms with van der Waals surface area (Å²) in [5.74, 6) is 0.171. The maximum absolute atomic E-state index is 13.1. The second kappa shape index (κ2) is 8.27. The van der Waals surface area contributed by atoms with Gasteiger partial charge in [0.25, 0.3) is 0 Å². The molecule has 1 fully saturated rings. The average molecular weight is 356 g/mol. The Morgan fingerprint density at radius 2 is 2.08 bits per heavy atom. The first-order valence-electron chi connectivity index (χ1n) is 8.98. The minimum absolute atomic E-state index is 0.187. The van der Waals surface area contributed by atoms with Gasteiger partial charge in [-0.15, -0.1) is 0 Å². The molecule has 0 bridgehead atoms. The lowest BCUT2D eigenvalue weighted by atomic mass is 10.0. The lowest BCUT2D eigenvalue weighted by Gasteiger charge is -2.27. The minimum Gasteiger partial charge on any atom is -0.366 e. The van der Waals surface area contributed by atoms with Crippen LogP contribution in [0.25, 0.3) is 0 Å². The molecule has 0 radical (unpaired) electrons. The van der Waals surface area contributed by atoms with Gasteiger partial charge in [0.2, 0.25) is 5.91 Å². The highest BCUT2D eigenvalue weighted by Crippen LogP contribution is 2.21. The van der Waals surface area contributed by atoms with E-state index in [4.69, 9.17) is 5.73 Å². The Bertz CT molecular complexity index is 732. The van der Waals surface area contributed by atoms with Crippen molar-refractivity contribution in [1.82, 2.24) is 9.88 Å². The number of rotatable bonds is 7. The third-order valence-electron chi connectivity index (χ3n) is 5.03. The van der Waals surface area contributed by atoms with E-state index in [1.165, 1.54) is 36.7 Å². The molecule has 1 aromatic carbocycles. The van der Waals surface area contributed by atoms with Gasteiger partial charge in [-0.3, -0.25) is 9.69 Å². The largest absolute Gasteiger partial charge is 0.366 e. The Hall–Kier alpha value is -2.47. The first-order valence-corrected chi connectivity index (χ1v) is 8.98. The summed E-state index contributed by atoms with van der Waals surface area (Å²) in [7, 11) is 2.00. The van der Waals surface area contributed by atoms with Crippen molar-refractivity contribution in [2.75, 3.05) is 31.6 Å². The number of likely N-dealkylation sites (tertiary alicyclic amines) is 1. The molecule has 1 aromatic heterocycles. The van der Waals surface area contributed by atoms with Crippen LogP contribution in [0.1, 0.15) is 28.8 Å². The van der Waals surface area contributed by atoms with Gasteiger partial charge in [0.05, 0.1) is 5.56 Å². The number of anilines is 1. The van der Waals surface area contributed by atoms with Crippen molar-refractivity contribution in [1.29, 1.82) is 0 Å². The van der Waals surface area contributed by atoms with Crippen LogP contribution in [-0.2, 0) is 6.42 Å². The Morgan fingerprint density at radius 3 is 2.73 bits per heavy atom. The van der Waals surface area contributed by atoms with Gasteiger partial charge in [-0.1, -0.05) is 12.1 Å². The third-order valence-corrected chi connectivity index (χ3v) is 5.03. The van der Waals surface area contributed by atoms with Crippen LogP contribution in [0.5, 0.6) is 0 Å². The molecule has 5 nitrogen and oxygen atoms in total. The second-order valence-electron chi connectivity index (χ2n) is 6.85. The van der Waals surface area contributed by atoms with Crippen LogP contribution in [0.2, 0.25) is 0 Å². The predicted molar refractivity (Wildman–Crippen MR) is 101 cm³/mol. The molecule has 26 heavy (non-hydrogen) atoms. The van der Waals surface area contributed by atoms with E-state index in [1.807, 2.05) is 25.2 Å². The van der Waals surface area contributed by atoms with Crippen molar-refractivity contribution in [3.05, 3.63) is 59.5 Å². The van der Waals surface area contributed by atoms with E-state index in [1.54, 1.807) is 6.07 Å². The minimum atomic E-state index is -0.465. The summed E-state index contributed by atoms with van der Waals surface area (Å²) in [5, 5.41) is 0. The highest BCUT2D eigenvalue weighted by Gasteiger charge is 2.24. The number of hydrogen-bond acceptors (Lipinski definition) is 4. The number of aromatic nitrogens is 1. The number of amides is 1. The number of nitrogens with zero attached hydrogens (tertiary/aromatic N) is 3. The molecule has 1 aliphatic heterocycles. The predicted octanol–water partition coefficient (Wildman–Crippen LogP) is 2.46. The standard InChI is InChI=1S/C20H25FN4O/c1-24(19-9-6-16(14-23-19)20(22)26)11-12-25-10-2-3-18(25)13-15-4-7-17(21)8-5-15/h4-9,14,18H,2-3,10-13H2,1H3,(H2,22,26). The zero-order chi connectivity index (χ0) is 18.5. The van der Waals surface area contributed by atoms with Gasteiger partial charge in [0.15, 0.2) is 0 Å². The number of carbonyl (C=O) groups is 1. The average Bonchev–Trinajstić information content (AvgIpc) is 3.08. The van der Waals surface area contributed by atoms with Crippen LogP contribution in [0.4, 0.5) is 10.2 Å². The van der Waals surface area contributed by atoms with Crippen LogP contribution < -0.4 is 10.6 Å². The molecule has 1 unspecified atom stereocenters. The second-order valence-corrected chi connectivity index (χ2v) is 6.85. The molecule has 1 saturated heterocycles. The van der Waals surface area contributed by atoms with Gasteiger partial charge >= 0.3 is 0 Å². The fourth-order valence-electron chi connectivity index (χ4n) is 3.46. The molecule has 0 saturated carbocycles. The van der Waals surface area contributed by atoms with E-state index in [2.05, 4.69) is 14.8 Å². The molecular formula is C20H25FN4O. The number of likely N-dealkylation sites (N-methyl/N-ethyl adjacent to an activating group) is 1. The Balaban J connectivity index is 1.54. The van der Waals surface area contributed by atoms with E-state index in [0.717, 1.165) is 31.9 Å². The molecule has 138 valence electrons. The van der Waals surface area contributed by atoms with Gasteiger partial charge < -0.3 is 10.6 Å². The molecule has 2 aromatic rings. The molecule has 6 heteroatoms. The molecular weight excluding hydrogens is 331 g/mol. The zero-order valence-electron chi connectivity index (χ0n) is 15.1. The van der Waals surface area contributed by atoms with Gasteiger partial charge in [-0.2, -0.15) is 0 Å². The van der Waals surface area contributed by atoms with Crippen molar-refractivity contribution >= 4 is 11.7 Å². The van der Waals surface area contributed by atoms with Crippen molar-refractivity contribution in [3.8, 4) is 0 Å². The van der Waals surface area contributed by atoms with E-state index in [0.29, 0.717) is 11.6 Å². The molecule has 1 aliphatic rings. The number of halogens is 1. The lowest BCUT2D eigenvalue weighted by molar-refractivity contribution is 0.1000. The van der Waals surface area contributed by atoms with Crippen molar-refractivity contribution in [3.63, 3.8) is 0 Å². The van der Waals surface area contributed by atoms with Gasteiger partial charge in [0.1, 0.15) is 11.6 Å². The summed E-state index contributed by atoms with van der Waals surface area (Å²) in [5.41, 5.74) is 6.85. The molecule has 2 heterocycles. The molecule has 1 atom stereocenters. The van der Waals surface area contributed by atoms with Crippen LogP contribution in [0.3, 0.4) is 0 Å². The van der Waals surface area contributed by atoms with Crippen molar-refractivity contribution in [2.24, 2.45) is 5.73 Å². The SMILES string of the molecule is CN(CCN1CCCC1Cc1ccc(F)cc1)c1ccc(C(N)=O)cn1. The topological polar surface area (TPSA) is 62.5 Å². The lowest BCUT2D eigenvalue weighted by Crippen LogP contribution is -2.37. The molecule has 0 spiro atoms. The first kappa shape index (κ1) is 18.3. The Kier molecular flexibility index (Phi) is 5.83. The fourth-order valence-corrected chi connectivity index (χ4v) is 3.46. The number of carbonyl (C=O) groups excluding carboxylic acids is 1. The fraction of sp³-hybridized carbons (Fsp3) is 0.400. The van der Waals surface area contributed by atoms with Gasteiger partial charge in [-0.05, 0) is 55.6 Å². The Labute approximate surface area is 153 Å². The smallest absolute Gasteiger partial charge is 0.250 e. The van der Waals surface area contributed by atoms with Crippen molar-refractivity contribution in [2.45, 2.75) is 25.3 Å². The molecule has 0 aliphatic carbocycles. The quantitative estimate of drug-likeness (QED) is 0.828. The van der Waals surface area contributed by atoms with E-state index < -0.39 is 5.91 Å². The maximum Gasteiger partial charge on any atom is 0.250 e. The summed E-state index contributed by atoms with van der Waals surface area (Å²) in [6, 6.07) is 10.8. The molecule has 1 amide bonds. The van der Waals surface area contributed by atoms with Crippen LogP contribution in [0, 0.1) is 5.82 Å². The molecule has 2 N–H and O–H groups in total. The zero-order valence-corrected chi connectivity index (χ0v) is 15.1. The number of pyridine rings is 1. The maximum atomic E-state index is 13.1. The van der Waals surface area contributed by atoms with Crippen molar-refractivity contribution < 1.29 is 9.18 Å². The summed E-state index contributed by atoms with van der Waals surface area (Å²) < 4.78 is 13.1. The number of primary amides is 1. The van der Waals surface area contributed by atoms with Crippen LogP contribution in [0.15, 0.2) is 42.6 Å². The monoisotopic (exact) mass is 356 g/mol. The Morgan fingerprint density at radius 1 is 1.31 bits per heavy atom. The van der Waals surface area contributed by atoms with Crippen LogP contribution >= 0.6 is 0 Å².